The highest BCUT2D eigenvalue weighted by atomic mass is 19.3. The van der Waals surface area contributed by atoms with Crippen molar-refractivity contribution in [2.45, 2.75) is 25.7 Å². The minimum atomic E-state index is -2.83. The Morgan fingerprint density at radius 1 is 1.25 bits per heavy atom. The van der Waals surface area contributed by atoms with Crippen molar-refractivity contribution in [2.75, 3.05) is 5.32 Å². The average molecular weight is 442 g/mol. The summed E-state index contributed by atoms with van der Waals surface area (Å²) in [6.07, 6.45) is 4.06. The average Bonchev–Trinajstić information content (AvgIpc) is 3.15. The molecule has 2 N–H and O–H groups in total. The monoisotopic (exact) mass is 442 g/mol. The van der Waals surface area contributed by atoms with Crippen LogP contribution in [0.15, 0.2) is 42.9 Å². The second-order valence-electron chi connectivity index (χ2n) is 7.57. The molecular formula is C21H20F2N6O3. The summed E-state index contributed by atoms with van der Waals surface area (Å²) in [7, 11) is 1.82. The number of rotatable bonds is 5. The molecule has 166 valence electrons. The molecule has 3 heterocycles. The van der Waals surface area contributed by atoms with E-state index in [9.17, 15) is 18.4 Å². The van der Waals surface area contributed by atoms with Gasteiger partial charge in [-0.05, 0) is 25.1 Å². The maximum absolute atomic E-state index is 12.9. The minimum Gasteiger partial charge on any atom is -0.455 e. The highest BCUT2D eigenvalue weighted by Crippen LogP contribution is 2.42. The standard InChI is InChI=1S/C21H20F2N6O3/c1-12-17(32-15-5-6-24-16(7-15)14-10-25-29(2)11-14)3-4-18(26-12)27-20(31)28-19(30)13-8-21(22,23)9-13/h3-7,10-11,13H,8-9H2,1-2H3,(H2,26,27,28,30,31). The first-order valence-electron chi connectivity index (χ1n) is 9.79. The van der Waals surface area contributed by atoms with Gasteiger partial charge in [-0.25, -0.2) is 18.6 Å². The lowest BCUT2D eigenvalue weighted by molar-refractivity contribution is -0.149. The summed E-state index contributed by atoms with van der Waals surface area (Å²) < 4.78 is 33.3. The van der Waals surface area contributed by atoms with Gasteiger partial charge in [0.2, 0.25) is 11.8 Å². The Morgan fingerprint density at radius 3 is 2.69 bits per heavy atom. The Balaban J connectivity index is 1.37. The van der Waals surface area contributed by atoms with Gasteiger partial charge in [0.15, 0.2) is 0 Å². The summed E-state index contributed by atoms with van der Waals surface area (Å²) in [5.74, 6) is -3.23. The predicted molar refractivity (Wildman–Crippen MR) is 110 cm³/mol. The first-order chi connectivity index (χ1) is 15.2. The molecule has 0 saturated heterocycles. The number of alkyl halides is 2. The van der Waals surface area contributed by atoms with Crippen LogP contribution in [0.3, 0.4) is 0 Å². The number of aromatic nitrogens is 4. The molecule has 1 aliphatic carbocycles. The molecule has 1 saturated carbocycles. The van der Waals surface area contributed by atoms with E-state index in [1.807, 2.05) is 13.2 Å². The summed E-state index contributed by atoms with van der Waals surface area (Å²) in [4.78, 5) is 32.3. The highest BCUT2D eigenvalue weighted by Gasteiger charge is 2.48. The lowest BCUT2D eigenvalue weighted by atomic mass is 9.81. The molecule has 0 unspecified atom stereocenters. The van der Waals surface area contributed by atoms with Crippen molar-refractivity contribution in [3.63, 3.8) is 0 Å². The molecule has 1 fully saturated rings. The Morgan fingerprint density at radius 2 is 2.03 bits per heavy atom. The van der Waals surface area contributed by atoms with Crippen LogP contribution in [0.2, 0.25) is 0 Å². The molecule has 4 rings (SSSR count). The summed E-state index contributed by atoms with van der Waals surface area (Å²) in [6, 6.07) is 5.77. The zero-order chi connectivity index (χ0) is 22.9. The largest absolute Gasteiger partial charge is 0.455 e. The van der Waals surface area contributed by atoms with Crippen molar-refractivity contribution in [1.29, 1.82) is 0 Å². The molecule has 0 aliphatic heterocycles. The van der Waals surface area contributed by atoms with Crippen molar-refractivity contribution >= 4 is 17.8 Å². The van der Waals surface area contributed by atoms with Crippen LogP contribution in [0.25, 0.3) is 11.3 Å². The molecule has 32 heavy (non-hydrogen) atoms. The zero-order valence-corrected chi connectivity index (χ0v) is 17.3. The van der Waals surface area contributed by atoms with Gasteiger partial charge < -0.3 is 4.74 Å². The van der Waals surface area contributed by atoms with Crippen LogP contribution in [0, 0.1) is 12.8 Å². The van der Waals surface area contributed by atoms with Crippen LogP contribution < -0.4 is 15.4 Å². The molecule has 9 nitrogen and oxygen atoms in total. The van der Waals surface area contributed by atoms with Crippen LogP contribution in [-0.2, 0) is 11.8 Å². The smallest absolute Gasteiger partial charge is 0.327 e. The van der Waals surface area contributed by atoms with Crippen molar-refractivity contribution in [2.24, 2.45) is 13.0 Å². The highest BCUT2D eigenvalue weighted by molar-refractivity contribution is 6.01. The summed E-state index contributed by atoms with van der Waals surface area (Å²) >= 11 is 0. The first-order valence-corrected chi connectivity index (χ1v) is 9.79. The van der Waals surface area contributed by atoms with Gasteiger partial charge in [0.25, 0.3) is 0 Å². The summed E-state index contributed by atoms with van der Waals surface area (Å²) in [5, 5.41) is 8.60. The quantitative estimate of drug-likeness (QED) is 0.624. The molecular weight excluding hydrogens is 422 g/mol. The number of carbonyl (C=O) groups is 2. The number of hydrogen-bond acceptors (Lipinski definition) is 6. The third kappa shape index (κ3) is 4.88. The van der Waals surface area contributed by atoms with Crippen LogP contribution >= 0.6 is 0 Å². The first kappa shape index (κ1) is 21.3. The number of nitrogens with one attached hydrogen (secondary N) is 2. The Kier molecular flexibility index (Phi) is 5.56. The minimum absolute atomic E-state index is 0.185. The van der Waals surface area contributed by atoms with Gasteiger partial charge in [-0.1, -0.05) is 0 Å². The van der Waals surface area contributed by atoms with E-state index in [1.54, 1.807) is 42.2 Å². The number of halogens is 2. The van der Waals surface area contributed by atoms with Crippen LogP contribution in [-0.4, -0.2) is 37.6 Å². The van der Waals surface area contributed by atoms with Gasteiger partial charge in [0.05, 0.1) is 17.6 Å². The number of anilines is 1. The van der Waals surface area contributed by atoms with Gasteiger partial charge in [-0.2, -0.15) is 5.10 Å². The molecule has 0 bridgehead atoms. The fourth-order valence-electron chi connectivity index (χ4n) is 3.25. The normalized spacial score (nSPS) is 15.0. The SMILES string of the molecule is Cc1nc(NC(=O)NC(=O)C2CC(F)(F)C2)ccc1Oc1ccnc(-c2cnn(C)c2)c1. The number of nitrogens with zero attached hydrogens (tertiary/aromatic N) is 4. The molecule has 3 aromatic heterocycles. The molecule has 1 aliphatic rings. The lowest BCUT2D eigenvalue weighted by Crippen LogP contribution is -2.47. The van der Waals surface area contributed by atoms with Crippen LogP contribution in [0.1, 0.15) is 18.5 Å². The number of urea groups is 1. The van der Waals surface area contributed by atoms with E-state index >= 15 is 0 Å². The van der Waals surface area contributed by atoms with E-state index in [0.717, 1.165) is 5.56 Å². The van der Waals surface area contributed by atoms with Gasteiger partial charge in [0.1, 0.15) is 17.3 Å². The molecule has 0 radical (unpaired) electrons. The second-order valence-corrected chi connectivity index (χ2v) is 7.57. The fourth-order valence-corrected chi connectivity index (χ4v) is 3.25. The lowest BCUT2D eigenvalue weighted by Gasteiger charge is -2.33. The summed E-state index contributed by atoms with van der Waals surface area (Å²) in [6.45, 7) is 1.70. The van der Waals surface area contributed by atoms with E-state index in [0.29, 0.717) is 22.9 Å². The number of aryl methyl sites for hydroxylation is 2. The predicted octanol–water partition coefficient (Wildman–Crippen LogP) is 3.67. The molecule has 0 atom stereocenters. The van der Waals surface area contributed by atoms with Crippen molar-refractivity contribution in [3.05, 3.63) is 48.5 Å². The third-order valence-electron chi connectivity index (χ3n) is 4.94. The van der Waals surface area contributed by atoms with Gasteiger partial charge in [0, 0.05) is 49.8 Å². The van der Waals surface area contributed by atoms with Gasteiger partial charge in [-0.3, -0.25) is 25.1 Å². The topological polar surface area (TPSA) is 111 Å². The molecule has 3 amide bonds. The van der Waals surface area contributed by atoms with E-state index in [-0.39, 0.29) is 5.82 Å². The van der Waals surface area contributed by atoms with Gasteiger partial charge in [-0.15, -0.1) is 0 Å². The van der Waals surface area contributed by atoms with Crippen LogP contribution in [0.5, 0.6) is 11.5 Å². The number of carbonyl (C=O) groups excluding carboxylic acids is 2. The van der Waals surface area contributed by atoms with Gasteiger partial charge >= 0.3 is 6.03 Å². The maximum atomic E-state index is 12.9. The number of pyridine rings is 2. The van der Waals surface area contributed by atoms with Crippen molar-refractivity contribution in [1.82, 2.24) is 25.1 Å². The molecule has 0 spiro atoms. The van der Waals surface area contributed by atoms with E-state index in [2.05, 4.69) is 25.7 Å². The maximum Gasteiger partial charge on any atom is 0.327 e. The van der Waals surface area contributed by atoms with E-state index < -0.39 is 36.6 Å². The van der Waals surface area contributed by atoms with E-state index in [4.69, 9.17) is 4.74 Å². The molecule has 3 aromatic rings. The second kappa shape index (κ2) is 8.33. The molecule has 11 heteroatoms. The number of hydrogen-bond donors (Lipinski definition) is 2. The Labute approximate surface area is 181 Å². The van der Waals surface area contributed by atoms with Crippen LogP contribution in [0.4, 0.5) is 19.4 Å². The fraction of sp³-hybridized carbons (Fsp3) is 0.286. The number of imide groups is 1. The number of ether oxygens (including phenoxy) is 1. The van der Waals surface area contributed by atoms with Crippen molar-refractivity contribution < 1.29 is 23.1 Å². The summed E-state index contributed by atoms with van der Waals surface area (Å²) in [5.41, 5.74) is 2.04. The number of amides is 3. The zero-order valence-electron chi connectivity index (χ0n) is 17.3. The third-order valence-corrected chi connectivity index (χ3v) is 4.94. The Hall–Kier alpha value is -3.89. The molecule has 0 aromatic carbocycles. The van der Waals surface area contributed by atoms with E-state index in [1.165, 1.54) is 6.07 Å². The van der Waals surface area contributed by atoms with Crippen molar-refractivity contribution in [3.8, 4) is 22.8 Å². The Bertz CT molecular complexity index is 1170.